The number of hydrogen-bond donors (Lipinski definition) is 5. The first-order chi connectivity index (χ1) is 61.5. The number of aryl methyl sites for hydroxylation is 4. The van der Waals surface area contributed by atoms with Crippen LogP contribution >= 0.6 is 61.1 Å². The molecule has 0 fully saturated rings. The zero-order valence-electron chi connectivity index (χ0n) is 74.8. The van der Waals surface area contributed by atoms with E-state index < -0.39 is 26.7 Å². The summed E-state index contributed by atoms with van der Waals surface area (Å²) < 4.78 is 101. The molecule has 4 aliphatic heterocycles. The van der Waals surface area contributed by atoms with E-state index >= 15 is 0 Å². The smallest absolute Gasteiger partial charge is 0.255 e. The van der Waals surface area contributed by atoms with Gasteiger partial charge in [0.05, 0.1) is 64.4 Å². The molecule has 0 atom stereocenters. The molecule has 690 valence electrons. The third-order valence-electron chi connectivity index (χ3n) is 22.6. The van der Waals surface area contributed by atoms with Crippen LogP contribution < -0.4 is 63.9 Å². The largest absolute Gasteiger partial charge is 0.496 e. The van der Waals surface area contributed by atoms with Crippen LogP contribution in [-0.2, 0) is 58.5 Å². The molecular weight excluding hydrogens is 1920 g/mol. The summed E-state index contributed by atoms with van der Waals surface area (Å²) in [7, 11) is 8.46. The summed E-state index contributed by atoms with van der Waals surface area (Å²) in [4.78, 5) is 60.2. The molecule has 0 unspecified atom stereocenters. The molecule has 0 aromatic heterocycles. The third-order valence-corrected chi connectivity index (χ3v) is 24.4. The minimum absolute atomic E-state index is 0.0470. The number of aliphatic hydroxyl groups is 1. The highest BCUT2D eigenvalue weighted by molar-refractivity contribution is 14.1. The predicted octanol–water partition coefficient (Wildman–Crippen LogP) is 17.2. The van der Waals surface area contributed by atoms with Crippen LogP contribution in [0, 0.1) is 34.8 Å². The number of nitrogens with one attached hydrogen (secondary N) is 4. The topological polar surface area (TPSA) is 233 Å². The second-order valence-corrected chi connectivity index (χ2v) is 35.1. The number of rotatable bonds is 42. The number of ether oxygens (including phenoxy) is 9. The Morgan fingerprint density at radius 2 is 0.677 bits per heavy atom. The van der Waals surface area contributed by atoms with Gasteiger partial charge in [0.1, 0.15) is 93.4 Å². The number of carbonyl (C=O) groups excluding carboxylic acids is 4. The van der Waals surface area contributed by atoms with Gasteiger partial charge in [-0.25, -0.2) is 17.6 Å². The van der Waals surface area contributed by atoms with Gasteiger partial charge in [-0.1, -0.05) is 45.8 Å². The molecule has 0 aliphatic carbocycles. The van der Waals surface area contributed by atoms with Gasteiger partial charge in [-0.15, -0.1) is 0 Å². The van der Waals surface area contributed by atoms with Crippen molar-refractivity contribution in [2.75, 3.05) is 167 Å². The van der Waals surface area contributed by atoms with Crippen LogP contribution in [0.5, 0.6) is 51.7 Å². The molecule has 127 heavy (non-hydrogen) atoms. The molecule has 29 heteroatoms. The maximum absolute atomic E-state index is 12.8. The van der Waals surface area contributed by atoms with Crippen molar-refractivity contribution in [3.05, 3.63) is 221 Å². The van der Waals surface area contributed by atoms with Crippen molar-refractivity contribution in [2.45, 2.75) is 138 Å². The Kier molecular flexibility index (Phi) is 43.4. The van der Waals surface area contributed by atoms with Gasteiger partial charge in [-0.2, -0.15) is 0 Å². The quantitative estimate of drug-likeness (QED) is 0.0136. The Balaban J connectivity index is 0.000000191. The molecule has 4 aliphatic rings. The molecule has 0 bridgehead atoms. The van der Waals surface area contributed by atoms with Crippen molar-refractivity contribution < 1.29 is 84.5 Å². The summed E-state index contributed by atoms with van der Waals surface area (Å²) >= 11 is 7.61. The minimum Gasteiger partial charge on any atom is -0.496 e. The molecule has 4 amide bonds. The Hall–Kier alpha value is -8.70. The fourth-order valence-corrected chi connectivity index (χ4v) is 17.5. The second-order valence-electron chi connectivity index (χ2n) is 31.7. The van der Waals surface area contributed by atoms with Crippen molar-refractivity contribution >= 4 is 84.7 Å². The maximum Gasteiger partial charge on any atom is 0.255 e. The lowest BCUT2D eigenvalue weighted by Gasteiger charge is -2.29. The molecule has 0 radical (unpaired) electrons. The van der Waals surface area contributed by atoms with Crippen LogP contribution in [-0.4, -0.2) is 216 Å². The maximum atomic E-state index is 12.8. The van der Waals surface area contributed by atoms with Crippen LogP contribution in [0.4, 0.5) is 17.6 Å². The van der Waals surface area contributed by atoms with E-state index in [0.29, 0.717) is 71.2 Å². The van der Waals surface area contributed by atoms with E-state index in [1.807, 2.05) is 19.1 Å². The van der Waals surface area contributed by atoms with Gasteiger partial charge < -0.3 is 69.0 Å². The van der Waals surface area contributed by atoms with Gasteiger partial charge in [0.2, 0.25) is 0 Å². The van der Waals surface area contributed by atoms with Gasteiger partial charge in [-0.3, -0.25) is 38.8 Å². The van der Waals surface area contributed by atoms with Gasteiger partial charge in [0.15, 0.2) is 11.5 Å². The molecule has 0 saturated heterocycles. The first-order valence-electron chi connectivity index (χ1n) is 43.7. The van der Waals surface area contributed by atoms with Gasteiger partial charge in [-0.05, 0) is 328 Å². The number of unbranched alkanes of at least 4 members (excludes halogenated alkanes) is 4. The highest BCUT2D eigenvalue weighted by Gasteiger charge is 2.26. The van der Waals surface area contributed by atoms with E-state index in [4.69, 9.17) is 42.6 Å². The van der Waals surface area contributed by atoms with Gasteiger partial charge in [0, 0.05) is 95.7 Å². The number of benzene rings is 8. The normalized spacial score (nSPS) is 13.5. The zero-order chi connectivity index (χ0) is 91.2. The zero-order valence-corrected chi connectivity index (χ0v) is 80.7. The molecule has 8 aromatic carbocycles. The Bertz CT molecular complexity index is 4550. The molecule has 4 heterocycles. The molecule has 22 nitrogen and oxygen atoms in total. The highest BCUT2D eigenvalue weighted by atomic mass is 127. The molecule has 0 spiro atoms. The summed E-state index contributed by atoms with van der Waals surface area (Å²) in [6, 6.07) is 36.7. The lowest BCUT2D eigenvalue weighted by molar-refractivity contribution is 0.0939. The lowest BCUT2D eigenvalue weighted by Crippen LogP contribution is -2.32. The van der Waals surface area contributed by atoms with Crippen molar-refractivity contribution in [2.24, 2.45) is 0 Å². The van der Waals surface area contributed by atoms with E-state index in [1.165, 1.54) is 61.2 Å². The number of methoxy groups -OCH3 is 5. The standard InChI is InChI=1S/C25H32FIN2O5.C25H33FN2O3.C24H30BrFN2O3.C24H30FIN2O3/c1-32-22-12-17-5-9-29(15-18(17)13-23(22)33-2)8-4-3-7-28-25(31)21-14-20(27)11-19(16-30)24(21)34-10-6-26;1-18-6-7-23(31-13-9-26)22(14-18)25(29)27-10-4-5-11-28-12-8-20-16-24(30-3)19(2)15-21(20)17-28;1-17-13-19-16-28(11-7-18(19)14-23(17)30-2)10-4-3-9-27-24(29)21-15-20(25)5-6-22(21)31-12-8-26;1-17-13-19-16-28(11-7-18(19)14-23(17)30-2)10-4-3-9-27-24(29)21-15-20(26)5-6-22(21)31-12-8-25/h11-14,30H,3-10,15-16H2,1-2H3,(H,28,31);6-7,14-16H,4-5,8-13,17H2,1-3H3,(H,27,29);2*5-6,13-15H,3-4,7-12,16H2,1-2H3,(H,27,29)/i3*26-1;25-1. The third kappa shape index (κ3) is 31.6. The van der Waals surface area contributed by atoms with Crippen LogP contribution in [0.3, 0.4) is 0 Å². The van der Waals surface area contributed by atoms with Crippen molar-refractivity contribution in [1.29, 1.82) is 0 Å². The lowest BCUT2D eigenvalue weighted by atomic mass is 9.97. The molecule has 8 aromatic rings. The number of aliphatic hydroxyl groups excluding tert-OH is 1. The molecule has 5 N–H and O–H groups in total. The molecule has 0 saturated carbocycles. The van der Waals surface area contributed by atoms with Crippen molar-refractivity contribution in [1.82, 2.24) is 40.9 Å². The number of nitrogens with zero attached hydrogens (tertiary/aromatic N) is 4. The van der Waals surface area contributed by atoms with Crippen molar-refractivity contribution in [3.63, 3.8) is 0 Å². The number of halogens is 7. The number of alkyl halides is 4. The van der Waals surface area contributed by atoms with Crippen LogP contribution in [0.1, 0.15) is 165 Å². The fraction of sp³-hybridized carbons (Fsp3) is 0.469. The summed E-state index contributed by atoms with van der Waals surface area (Å²) in [5.41, 5.74) is 17.5. The molecule has 12 rings (SSSR count). The average Bonchev–Trinajstić information content (AvgIpc) is 0.788. The Morgan fingerprint density at radius 1 is 0.362 bits per heavy atom. The van der Waals surface area contributed by atoms with E-state index in [1.54, 1.807) is 90.1 Å². The highest BCUT2D eigenvalue weighted by Crippen LogP contribution is 2.36. The minimum atomic E-state index is -0.667. The molecular formula is C98H125BrF4I2N8O14. The van der Waals surface area contributed by atoms with Crippen molar-refractivity contribution in [3.8, 4) is 51.7 Å². The van der Waals surface area contributed by atoms with Crippen LogP contribution in [0.2, 0.25) is 0 Å². The summed E-state index contributed by atoms with van der Waals surface area (Å²) in [6.07, 6.45) is 11.6. The van der Waals surface area contributed by atoms with Crippen LogP contribution in [0.25, 0.3) is 0 Å². The number of fused-ring (bicyclic) bond motifs is 4. The average molecular weight is 2040 g/mol. The Morgan fingerprint density at radius 3 is 1.05 bits per heavy atom. The van der Waals surface area contributed by atoms with E-state index in [2.05, 4.69) is 171 Å². The first kappa shape index (κ1) is 102. The summed E-state index contributed by atoms with van der Waals surface area (Å²) in [6.45, 7) is 19.3. The van der Waals surface area contributed by atoms with E-state index in [-0.39, 0.29) is 62.4 Å². The summed E-state index contributed by atoms with van der Waals surface area (Å²) in [5.74, 6) is 5.09. The van der Waals surface area contributed by atoms with E-state index in [9.17, 15) is 41.8 Å². The van der Waals surface area contributed by atoms with E-state index in [0.717, 1.165) is 202 Å². The Labute approximate surface area is 782 Å². The van der Waals surface area contributed by atoms with Gasteiger partial charge in [0.25, 0.3) is 23.6 Å². The predicted molar refractivity (Wildman–Crippen MR) is 510 cm³/mol. The first-order valence-corrected chi connectivity index (χ1v) is 46.6. The number of hydrogen-bond acceptors (Lipinski definition) is 18. The number of amides is 4. The summed E-state index contributed by atoms with van der Waals surface area (Å²) in [5, 5.41) is 21.4. The van der Waals surface area contributed by atoms with Gasteiger partial charge >= 0.3 is 0 Å². The fourth-order valence-electron chi connectivity index (χ4n) is 16.0. The number of carbonyl (C=O) groups is 4. The SMILES string of the molecule is COc1cc2c(cc1C)CN(CCCCNC(=O)c1cc(Br)ccc1OCC[18F])CC2.COc1cc2c(cc1C)CN(CCCCNC(=O)c1cc(C)ccc1OCC[18F])CC2.COc1cc2c(cc1C)CN(CCCCNC(=O)c1cc(I)ccc1OCC[18F])CC2.COc1cc2c(cc1OC)CN(CCCCNC(=O)c1cc(I)cc(CO)c1OCC[18F])CC2. The second kappa shape index (κ2) is 54.1. The van der Waals surface area contributed by atoms with Crippen LogP contribution in [0.15, 0.2) is 120 Å². The monoisotopic (exact) mass is 2040 g/mol.